The summed E-state index contributed by atoms with van der Waals surface area (Å²) in [7, 11) is 0. The van der Waals surface area contributed by atoms with Crippen LogP contribution >= 0.6 is 0 Å². The average Bonchev–Trinajstić information content (AvgIpc) is 2.38. The molecule has 0 atom stereocenters. The van der Waals surface area contributed by atoms with E-state index in [0.717, 1.165) is 6.42 Å². The van der Waals surface area contributed by atoms with Crippen LogP contribution in [0.4, 0.5) is 0 Å². The van der Waals surface area contributed by atoms with Crippen molar-refractivity contribution in [2.75, 3.05) is 0 Å². The number of rotatable bonds is 4. The summed E-state index contributed by atoms with van der Waals surface area (Å²) in [5, 5.41) is 0. The van der Waals surface area contributed by atoms with Gasteiger partial charge in [-0.25, -0.2) is 0 Å². The maximum atomic E-state index is 2.26. The zero-order valence-electron chi connectivity index (χ0n) is 12.2. The van der Waals surface area contributed by atoms with Gasteiger partial charge in [-0.15, -0.1) is 0 Å². The van der Waals surface area contributed by atoms with Gasteiger partial charge >= 0.3 is 0 Å². The molecule has 0 unspecified atom stereocenters. The Morgan fingerprint density at radius 3 is 2.28 bits per heavy atom. The highest BCUT2D eigenvalue weighted by molar-refractivity contribution is 5.60. The van der Waals surface area contributed by atoms with Gasteiger partial charge in [-0.2, -0.15) is 0 Å². The summed E-state index contributed by atoms with van der Waals surface area (Å²) in [6.07, 6.45) is 7.80. The first-order valence-corrected chi connectivity index (χ1v) is 6.63. The van der Waals surface area contributed by atoms with Gasteiger partial charge in [0, 0.05) is 0 Å². The van der Waals surface area contributed by atoms with Gasteiger partial charge in [0.2, 0.25) is 0 Å². The first kappa shape index (κ1) is 14.5. The molecule has 0 fully saturated rings. The zero-order chi connectivity index (χ0) is 13.5. The maximum absolute atomic E-state index is 2.26. The third-order valence-corrected chi connectivity index (χ3v) is 3.36. The fraction of sp³-hybridized carbons (Fsp3) is 0.333. The monoisotopic (exact) mass is 240 g/mol. The summed E-state index contributed by atoms with van der Waals surface area (Å²) in [5.41, 5.74) is 6.69. The minimum atomic E-state index is 1.12. The Labute approximate surface area is 112 Å². The third-order valence-electron chi connectivity index (χ3n) is 3.36. The first-order chi connectivity index (χ1) is 8.54. The molecule has 0 aliphatic carbocycles. The average molecular weight is 240 g/mol. The van der Waals surface area contributed by atoms with Gasteiger partial charge in [0.1, 0.15) is 0 Å². The van der Waals surface area contributed by atoms with Crippen LogP contribution in [0.2, 0.25) is 0 Å². The maximum Gasteiger partial charge on any atom is -0.0225 e. The minimum absolute atomic E-state index is 1.12. The predicted octanol–water partition coefficient (Wildman–Crippen LogP) is 5.70. The van der Waals surface area contributed by atoms with E-state index in [9.17, 15) is 0 Å². The van der Waals surface area contributed by atoms with Crippen LogP contribution < -0.4 is 0 Å². The smallest absolute Gasteiger partial charge is 0.0225 e. The van der Waals surface area contributed by atoms with Crippen LogP contribution in [0.3, 0.4) is 0 Å². The molecule has 1 aromatic rings. The van der Waals surface area contributed by atoms with E-state index in [2.05, 4.69) is 77.1 Å². The van der Waals surface area contributed by atoms with Gasteiger partial charge in [0.25, 0.3) is 0 Å². The molecule has 0 spiro atoms. The molecule has 0 aliphatic heterocycles. The van der Waals surface area contributed by atoms with E-state index in [-0.39, 0.29) is 0 Å². The van der Waals surface area contributed by atoms with Gasteiger partial charge in [-0.3, -0.25) is 0 Å². The van der Waals surface area contributed by atoms with Crippen molar-refractivity contribution < 1.29 is 0 Å². The normalized spacial score (nSPS) is 13.9. The standard InChI is InChI=1S/C18H24/c1-6-14(2)11-12-15(3)17(5)13-18-10-8-7-9-16(18)4/h7-13H,6H2,1-5H3/b14-11-,15-12+,17-13+. The van der Waals surface area contributed by atoms with Crippen molar-refractivity contribution in [1.82, 2.24) is 0 Å². The summed E-state index contributed by atoms with van der Waals surface area (Å²) < 4.78 is 0. The molecule has 0 saturated carbocycles. The molecular weight excluding hydrogens is 216 g/mol. The molecule has 0 aromatic heterocycles. The second kappa shape index (κ2) is 7.00. The Hall–Kier alpha value is -1.56. The highest BCUT2D eigenvalue weighted by Crippen LogP contribution is 2.17. The van der Waals surface area contributed by atoms with Crippen LogP contribution in [0.5, 0.6) is 0 Å². The minimum Gasteiger partial charge on any atom is -0.0736 e. The molecule has 96 valence electrons. The first-order valence-electron chi connectivity index (χ1n) is 6.63. The lowest BCUT2D eigenvalue weighted by Crippen LogP contribution is -1.83. The number of allylic oxidation sites excluding steroid dienone is 5. The van der Waals surface area contributed by atoms with Crippen molar-refractivity contribution in [3.8, 4) is 0 Å². The van der Waals surface area contributed by atoms with Crippen LogP contribution in [0.25, 0.3) is 6.08 Å². The molecule has 0 N–H and O–H groups in total. The lowest BCUT2D eigenvalue weighted by Gasteiger charge is -2.04. The van der Waals surface area contributed by atoms with Crippen LogP contribution in [0, 0.1) is 6.92 Å². The Balaban J connectivity index is 2.94. The van der Waals surface area contributed by atoms with Crippen molar-refractivity contribution in [3.63, 3.8) is 0 Å². The van der Waals surface area contributed by atoms with Crippen molar-refractivity contribution in [2.24, 2.45) is 0 Å². The Bertz CT molecular complexity index is 485. The lowest BCUT2D eigenvalue weighted by molar-refractivity contribution is 1.10. The van der Waals surface area contributed by atoms with Gasteiger partial charge < -0.3 is 0 Å². The summed E-state index contributed by atoms with van der Waals surface area (Å²) >= 11 is 0. The highest BCUT2D eigenvalue weighted by Gasteiger charge is 1.96. The molecule has 18 heavy (non-hydrogen) atoms. The van der Waals surface area contributed by atoms with E-state index >= 15 is 0 Å². The van der Waals surface area contributed by atoms with Crippen molar-refractivity contribution in [3.05, 3.63) is 64.3 Å². The molecule has 0 saturated heterocycles. The second-order valence-electron chi connectivity index (χ2n) is 4.90. The number of hydrogen-bond donors (Lipinski definition) is 0. The molecule has 1 rings (SSSR count). The SMILES string of the molecule is CC\C(C)=C/C=C(C)/C(C)=C/c1ccccc1C. The van der Waals surface area contributed by atoms with E-state index in [1.807, 2.05) is 0 Å². The van der Waals surface area contributed by atoms with Crippen LogP contribution in [0.1, 0.15) is 45.2 Å². The lowest BCUT2D eigenvalue weighted by atomic mass is 10.0. The Morgan fingerprint density at radius 1 is 1.00 bits per heavy atom. The third kappa shape index (κ3) is 4.37. The molecule has 0 aliphatic rings. The van der Waals surface area contributed by atoms with Gasteiger partial charge in [0.15, 0.2) is 0 Å². The summed E-state index contributed by atoms with van der Waals surface area (Å²) in [4.78, 5) is 0. The predicted molar refractivity (Wildman–Crippen MR) is 82.6 cm³/mol. The number of aryl methyl sites for hydroxylation is 1. The van der Waals surface area contributed by atoms with Crippen LogP contribution in [0.15, 0.2) is 53.1 Å². The molecule has 1 aromatic carbocycles. The van der Waals surface area contributed by atoms with E-state index in [0.29, 0.717) is 0 Å². The van der Waals surface area contributed by atoms with E-state index < -0.39 is 0 Å². The molecule has 0 radical (unpaired) electrons. The van der Waals surface area contributed by atoms with E-state index in [1.54, 1.807) is 0 Å². The fourth-order valence-electron chi connectivity index (χ4n) is 1.61. The number of hydrogen-bond acceptors (Lipinski definition) is 0. The molecule has 0 nitrogen and oxygen atoms in total. The zero-order valence-corrected chi connectivity index (χ0v) is 12.2. The topological polar surface area (TPSA) is 0 Å². The van der Waals surface area contributed by atoms with Gasteiger partial charge in [0.05, 0.1) is 0 Å². The van der Waals surface area contributed by atoms with Crippen LogP contribution in [-0.2, 0) is 0 Å². The fourth-order valence-corrected chi connectivity index (χ4v) is 1.61. The van der Waals surface area contributed by atoms with Gasteiger partial charge in [-0.1, -0.05) is 55.0 Å². The Morgan fingerprint density at radius 2 is 1.67 bits per heavy atom. The quantitative estimate of drug-likeness (QED) is 0.592. The van der Waals surface area contributed by atoms with Crippen molar-refractivity contribution in [2.45, 2.75) is 41.0 Å². The summed E-state index contributed by atoms with van der Waals surface area (Å²) in [6, 6.07) is 8.49. The molecule has 0 heteroatoms. The molecule has 0 heterocycles. The highest BCUT2D eigenvalue weighted by atomic mass is 14.0. The summed E-state index contributed by atoms with van der Waals surface area (Å²) in [6.45, 7) is 10.9. The molecule has 0 amide bonds. The van der Waals surface area contributed by atoms with Crippen molar-refractivity contribution in [1.29, 1.82) is 0 Å². The van der Waals surface area contributed by atoms with E-state index in [4.69, 9.17) is 0 Å². The molecule has 0 bridgehead atoms. The largest absolute Gasteiger partial charge is 0.0736 e. The van der Waals surface area contributed by atoms with E-state index in [1.165, 1.54) is 27.8 Å². The Kier molecular flexibility index (Phi) is 5.64. The van der Waals surface area contributed by atoms with Crippen molar-refractivity contribution >= 4 is 6.08 Å². The molecular formula is C18H24. The second-order valence-corrected chi connectivity index (χ2v) is 4.90. The number of benzene rings is 1. The summed E-state index contributed by atoms with van der Waals surface area (Å²) in [5.74, 6) is 0. The van der Waals surface area contributed by atoms with Crippen LogP contribution in [-0.4, -0.2) is 0 Å². The van der Waals surface area contributed by atoms with Gasteiger partial charge in [-0.05, 0) is 56.4 Å².